The van der Waals surface area contributed by atoms with Crippen LogP contribution in [0.4, 0.5) is 0 Å². The minimum Gasteiger partial charge on any atom is -0.458 e. The molecule has 0 aliphatic heterocycles. The molecule has 20 heavy (non-hydrogen) atoms. The highest BCUT2D eigenvalue weighted by molar-refractivity contribution is 5.84. The van der Waals surface area contributed by atoms with Gasteiger partial charge in [0.2, 0.25) is 5.91 Å². The Bertz CT molecular complexity index is 449. The van der Waals surface area contributed by atoms with Crippen molar-refractivity contribution in [3.8, 4) is 0 Å². The van der Waals surface area contributed by atoms with Crippen molar-refractivity contribution in [1.82, 2.24) is 5.32 Å². The Morgan fingerprint density at radius 3 is 2.30 bits per heavy atom. The molecule has 0 unspecified atom stereocenters. The molecule has 0 fully saturated rings. The molecule has 1 N–H and O–H groups in total. The molecule has 1 amide bonds. The molecule has 1 aromatic rings. The standard InChI is InChI=1S/C16H23NO3/c1-5-14(18)17-13(15(19)20-16(2,3)4)11-12-9-7-6-8-10-12/h6-10,13H,5,11H2,1-4H3,(H,17,18)/t13-/m1/s1. The van der Waals surface area contributed by atoms with E-state index >= 15 is 0 Å². The zero-order chi connectivity index (χ0) is 15.2. The number of ether oxygens (including phenoxy) is 1. The van der Waals surface area contributed by atoms with Crippen LogP contribution < -0.4 is 5.32 Å². The van der Waals surface area contributed by atoms with E-state index in [4.69, 9.17) is 4.74 Å². The molecule has 0 saturated carbocycles. The molecular formula is C16H23NO3. The topological polar surface area (TPSA) is 55.4 Å². The molecule has 0 aromatic heterocycles. The van der Waals surface area contributed by atoms with Crippen LogP contribution in [0.5, 0.6) is 0 Å². The maximum absolute atomic E-state index is 12.2. The lowest BCUT2D eigenvalue weighted by Crippen LogP contribution is -2.45. The molecule has 0 bridgehead atoms. The quantitative estimate of drug-likeness (QED) is 0.841. The first-order valence-electron chi connectivity index (χ1n) is 6.88. The number of nitrogens with one attached hydrogen (secondary N) is 1. The van der Waals surface area contributed by atoms with E-state index in [0.29, 0.717) is 12.8 Å². The van der Waals surface area contributed by atoms with E-state index in [9.17, 15) is 9.59 Å². The second kappa shape index (κ2) is 7.08. The van der Waals surface area contributed by atoms with Crippen LogP contribution in [0.15, 0.2) is 30.3 Å². The molecular weight excluding hydrogens is 254 g/mol. The summed E-state index contributed by atoms with van der Waals surface area (Å²) >= 11 is 0. The predicted molar refractivity (Wildman–Crippen MR) is 78.2 cm³/mol. The van der Waals surface area contributed by atoms with Crippen molar-refractivity contribution in [2.45, 2.75) is 52.2 Å². The van der Waals surface area contributed by atoms with Gasteiger partial charge in [-0.25, -0.2) is 4.79 Å². The maximum Gasteiger partial charge on any atom is 0.329 e. The van der Waals surface area contributed by atoms with Gasteiger partial charge in [0.25, 0.3) is 0 Å². The van der Waals surface area contributed by atoms with E-state index in [0.717, 1.165) is 5.56 Å². The van der Waals surface area contributed by atoms with Gasteiger partial charge in [-0.2, -0.15) is 0 Å². The summed E-state index contributed by atoms with van der Waals surface area (Å²) in [7, 11) is 0. The first-order valence-corrected chi connectivity index (χ1v) is 6.88. The molecule has 1 rings (SSSR count). The summed E-state index contributed by atoms with van der Waals surface area (Å²) in [4.78, 5) is 23.7. The third kappa shape index (κ3) is 5.87. The highest BCUT2D eigenvalue weighted by Gasteiger charge is 2.26. The highest BCUT2D eigenvalue weighted by atomic mass is 16.6. The first-order chi connectivity index (χ1) is 9.31. The van der Waals surface area contributed by atoms with Crippen LogP contribution in [-0.4, -0.2) is 23.5 Å². The van der Waals surface area contributed by atoms with Gasteiger partial charge in [-0.15, -0.1) is 0 Å². The lowest BCUT2D eigenvalue weighted by Gasteiger charge is -2.24. The fourth-order valence-electron chi connectivity index (χ4n) is 1.71. The van der Waals surface area contributed by atoms with Gasteiger partial charge in [0.1, 0.15) is 11.6 Å². The minimum atomic E-state index is -0.649. The van der Waals surface area contributed by atoms with Crippen LogP contribution in [0.3, 0.4) is 0 Å². The van der Waals surface area contributed by atoms with Crippen LogP contribution in [0.25, 0.3) is 0 Å². The van der Waals surface area contributed by atoms with Crippen molar-refractivity contribution >= 4 is 11.9 Å². The second-order valence-electron chi connectivity index (χ2n) is 5.70. The summed E-state index contributed by atoms with van der Waals surface area (Å²) in [6.07, 6.45) is 0.773. The average Bonchev–Trinajstić information content (AvgIpc) is 2.37. The fourth-order valence-corrected chi connectivity index (χ4v) is 1.71. The molecule has 0 radical (unpaired) electrons. The SMILES string of the molecule is CCC(=O)N[C@H](Cc1ccccc1)C(=O)OC(C)(C)C. The van der Waals surface area contributed by atoms with E-state index in [-0.39, 0.29) is 5.91 Å². The molecule has 1 atom stereocenters. The number of amides is 1. The molecule has 4 nitrogen and oxygen atoms in total. The van der Waals surface area contributed by atoms with Crippen LogP contribution in [-0.2, 0) is 20.7 Å². The summed E-state index contributed by atoms with van der Waals surface area (Å²) in [5, 5.41) is 2.72. The summed E-state index contributed by atoms with van der Waals surface area (Å²) in [6.45, 7) is 7.19. The summed E-state index contributed by atoms with van der Waals surface area (Å²) < 4.78 is 5.36. The lowest BCUT2D eigenvalue weighted by molar-refractivity contribution is -0.158. The zero-order valence-corrected chi connectivity index (χ0v) is 12.6. The molecule has 0 aliphatic carbocycles. The summed E-state index contributed by atoms with van der Waals surface area (Å²) in [5.41, 5.74) is 0.419. The van der Waals surface area contributed by atoms with Crippen molar-refractivity contribution in [1.29, 1.82) is 0 Å². The third-order valence-electron chi connectivity index (χ3n) is 2.63. The smallest absolute Gasteiger partial charge is 0.329 e. The molecule has 0 aliphatic rings. The number of carbonyl (C=O) groups excluding carboxylic acids is 2. The van der Waals surface area contributed by atoms with Crippen molar-refractivity contribution in [2.24, 2.45) is 0 Å². The number of carbonyl (C=O) groups is 2. The molecule has 0 spiro atoms. The lowest BCUT2D eigenvalue weighted by atomic mass is 10.1. The number of rotatable bonds is 5. The fraction of sp³-hybridized carbons (Fsp3) is 0.500. The van der Waals surface area contributed by atoms with E-state index in [1.54, 1.807) is 6.92 Å². The first kappa shape index (κ1) is 16.2. The number of hydrogen-bond acceptors (Lipinski definition) is 3. The number of esters is 1. The Morgan fingerprint density at radius 1 is 1.20 bits per heavy atom. The van der Waals surface area contributed by atoms with Crippen molar-refractivity contribution in [2.75, 3.05) is 0 Å². The molecule has 1 aromatic carbocycles. The maximum atomic E-state index is 12.2. The van der Waals surface area contributed by atoms with Gasteiger partial charge in [-0.05, 0) is 26.3 Å². The van der Waals surface area contributed by atoms with Crippen LogP contribution >= 0.6 is 0 Å². The number of benzene rings is 1. The Labute approximate surface area is 120 Å². The van der Waals surface area contributed by atoms with E-state index in [1.807, 2.05) is 51.1 Å². The van der Waals surface area contributed by atoms with Gasteiger partial charge in [0, 0.05) is 12.8 Å². The Balaban J connectivity index is 2.79. The monoisotopic (exact) mass is 277 g/mol. The Kier molecular flexibility index (Phi) is 5.74. The second-order valence-corrected chi connectivity index (χ2v) is 5.70. The van der Waals surface area contributed by atoms with Crippen molar-refractivity contribution in [3.63, 3.8) is 0 Å². The molecule has 110 valence electrons. The molecule has 0 saturated heterocycles. The van der Waals surface area contributed by atoms with Crippen molar-refractivity contribution < 1.29 is 14.3 Å². The Morgan fingerprint density at radius 2 is 1.80 bits per heavy atom. The van der Waals surface area contributed by atoms with E-state index in [1.165, 1.54) is 0 Å². The minimum absolute atomic E-state index is 0.156. The van der Waals surface area contributed by atoms with Crippen molar-refractivity contribution in [3.05, 3.63) is 35.9 Å². The van der Waals surface area contributed by atoms with Gasteiger partial charge < -0.3 is 10.1 Å². The zero-order valence-electron chi connectivity index (χ0n) is 12.6. The Hall–Kier alpha value is -1.84. The average molecular weight is 277 g/mol. The summed E-state index contributed by atoms with van der Waals surface area (Å²) in [6, 6.07) is 8.93. The van der Waals surface area contributed by atoms with Crippen LogP contribution in [0.2, 0.25) is 0 Å². The van der Waals surface area contributed by atoms with Gasteiger partial charge in [-0.1, -0.05) is 37.3 Å². The van der Waals surface area contributed by atoms with Gasteiger partial charge in [-0.3, -0.25) is 4.79 Å². The van der Waals surface area contributed by atoms with Gasteiger partial charge in [0.15, 0.2) is 0 Å². The molecule has 4 heteroatoms. The van der Waals surface area contributed by atoms with Crippen LogP contribution in [0.1, 0.15) is 39.7 Å². The van der Waals surface area contributed by atoms with Gasteiger partial charge in [0.05, 0.1) is 0 Å². The summed E-state index contributed by atoms with van der Waals surface area (Å²) in [5.74, 6) is -0.556. The number of hydrogen-bond donors (Lipinski definition) is 1. The van der Waals surface area contributed by atoms with E-state index in [2.05, 4.69) is 5.32 Å². The third-order valence-corrected chi connectivity index (χ3v) is 2.63. The van der Waals surface area contributed by atoms with Crippen LogP contribution in [0, 0.1) is 0 Å². The molecule has 0 heterocycles. The normalized spacial score (nSPS) is 12.6. The highest BCUT2D eigenvalue weighted by Crippen LogP contribution is 2.11. The predicted octanol–water partition coefficient (Wildman–Crippen LogP) is 2.47. The van der Waals surface area contributed by atoms with Gasteiger partial charge >= 0.3 is 5.97 Å². The largest absolute Gasteiger partial charge is 0.458 e. The van der Waals surface area contributed by atoms with E-state index < -0.39 is 17.6 Å².